The molecule has 6 heteroatoms. The molecule has 2 aliphatic rings. The predicted molar refractivity (Wildman–Crippen MR) is 92.7 cm³/mol. The van der Waals surface area contributed by atoms with Crippen molar-refractivity contribution in [1.82, 2.24) is 15.2 Å². The van der Waals surface area contributed by atoms with Crippen LogP contribution in [-0.4, -0.2) is 53.3 Å². The van der Waals surface area contributed by atoms with Crippen molar-refractivity contribution in [2.75, 3.05) is 19.6 Å². The lowest BCUT2D eigenvalue weighted by Crippen LogP contribution is -2.45. The van der Waals surface area contributed by atoms with Gasteiger partial charge in [-0.3, -0.25) is 9.78 Å². The SMILES string of the molecule is CC(C)N1CCC[C@H](CNC(=O)[C@H]2CC(c3ccncc3)=NO2)C1. The van der Waals surface area contributed by atoms with Crippen LogP contribution in [0.15, 0.2) is 29.7 Å². The van der Waals surface area contributed by atoms with Crippen LogP contribution in [0, 0.1) is 5.92 Å². The van der Waals surface area contributed by atoms with Gasteiger partial charge in [-0.2, -0.15) is 0 Å². The molecule has 1 saturated heterocycles. The lowest BCUT2D eigenvalue weighted by atomic mass is 9.97. The number of hydrogen-bond acceptors (Lipinski definition) is 5. The number of nitrogens with zero attached hydrogens (tertiary/aromatic N) is 3. The Morgan fingerprint density at radius 1 is 1.42 bits per heavy atom. The van der Waals surface area contributed by atoms with Crippen molar-refractivity contribution in [1.29, 1.82) is 0 Å². The average Bonchev–Trinajstić information content (AvgIpc) is 3.11. The van der Waals surface area contributed by atoms with Gasteiger partial charge in [-0.1, -0.05) is 5.16 Å². The van der Waals surface area contributed by atoms with Crippen LogP contribution in [0.1, 0.15) is 38.7 Å². The molecule has 0 radical (unpaired) electrons. The Hall–Kier alpha value is -1.95. The smallest absolute Gasteiger partial charge is 0.264 e. The van der Waals surface area contributed by atoms with E-state index in [0.29, 0.717) is 24.9 Å². The van der Waals surface area contributed by atoms with Crippen LogP contribution in [-0.2, 0) is 9.63 Å². The molecular weight excluding hydrogens is 304 g/mol. The van der Waals surface area contributed by atoms with E-state index in [1.807, 2.05) is 12.1 Å². The summed E-state index contributed by atoms with van der Waals surface area (Å²) in [6.45, 7) is 7.39. The fourth-order valence-electron chi connectivity index (χ4n) is 3.32. The Kier molecular flexibility index (Phi) is 5.45. The summed E-state index contributed by atoms with van der Waals surface area (Å²) in [6.07, 6.45) is 5.81. The molecular formula is C18H26N4O2. The minimum absolute atomic E-state index is 0.0653. The summed E-state index contributed by atoms with van der Waals surface area (Å²) in [5, 5.41) is 7.11. The summed E-state index contributed by atoms with van der Waals surface area (Å²) in [6, 6.07) is 4.33. The van der Waals surface area contributed by atoms with Crippen molar-refractivity contribution in [3.05, 3.63) is 30.1 Å². The number of hydrogen-bond donors (Lipinski definition) is 1. The van der Waals surface area contributed by atoms with E-state index in [-0.39, 0.29) is 5.91 Å². The highest BCUT2D eigenvalue weighted by Gasteiger charge is 2.30. The predicted octanol–water partition coefficient (Wildman–Crippen LogP) is 1.81. The molecule has 0 unspecified atom stereocenters. The number of amides is 1. The van der Waals surface area contributed by atoms with Crippen LogP contribution in [0.25, 0.3) is 0 Å². The molecule has 24 heavy (non-hydrogen) atoms. The fraction of sp³-hybridized carbons (Fsp3) is 0.611. The maximum absolute atomic E-state index is 12.3. The van der Waals surface area contributed by atoms with Crippen molar-refractivity contribution in [2.45, 2.75) is 45.3 Å². The van der Waals surface area contributed by atoms with Gasteiger partial charge in [0, 0.05) is 43.5 Å². The Balaban J connectivity index is 1.45. The van der Waals surface area contributed by atoms with Crippen molar-refractivity contribution >= 4 is 11.6 Å². The van der Waals surface area contributed by atoms with E-state index in [2.05, 4.69) is 34.2 Å². The number of likely N-dealkylation sites (tertiary alicyclic amines) is 1. The van der Waals surface area contributed by atoms with Crippen molar-refractivity contribution in [2.24, 2.45) is 11.1 Å². The molecule has 3 heterocycles. The topological polar surface area (TPSA) is 66.8 Å². The lowest BCUT2D eigenvalue weighted by Gasteiger charge is -2.35. The average molecular weight is 330 g/mol. The Morgan fingerprint density at radius 2 is 2.21 bits per heavy atom. The second-order valence-corrected chi connectivity index (χ2v) is 6.91. The van der Waals surface area contributed by atoms with E-state index in [4.69, 9.17) is 4.84 Å². The zero-order valence-electron chi connectivity index (χ0n) is 14.4. The Bertz CT molecular complexity index is 588. The summed E-state index contributed by atoms with van der Waals surface area (Å²) in [5.74, 6) is 0.455. The van der Waals surface area contributed by atoms with E-state index < -0.39 is 6.10 Å². The molecule has 6 nitrogen and oxygen atoms in total. The van der Waals surface area contributed by atoms with Gasteiger partial charge in [-0.15, -0.1) is 0 Å². The minimum Gasteiger partial charge on any atom is -0.382 e. The monoisotopic (exact) mass is 330 g/mol. The molecule has 3 rings (SSSR count). The van der Waals surface area contributed by atoms with E-state index in [1.165, 1.54) is 12.8 Å². The second kappa shape index (κ2) is 7.75. The van der Waals surface area contributed by atoms with Gasteiger partial charge in [0.05, 0.1) is 5.71 Å². The maximum atomic E-state index is 12.3. The van der Waals surface area contributed by atoms with Crippen LogP contribution < -0.4 is 5.32 Å². The third-order valence-corrected chi connectivity index (χ3v) is 4.82. The van der Waals surface area contributed by atoms with Crippen LogP contribution in [0.3, 0.4) is 0 Å². The molecule has 1 aromatic heterocycles. The second-order valence-electron chi connectivity index (χ2n) is 6.91. The Labute approximate surface area is 143 Å². The highest BCUT2D eigenvalue weighted by molar-refractivity contribution is 6.03. The van der Waals surface area contributed by atoms with Crippen LogP contribution in [0.2, 0.25) is 0 Å². The zero-order chi connectivity index (χ0) is 16.9. The first kappa shape index (κ1) is 16.9. The zero-order valence-corrected chi connectivity index (χ0v) is 14.4. The molecule has 1 fully saturated rings. The van der Waals surface area contributed by atoms with Crippen molar-refractivity contribution in [3.63, 3.8) is 0 Å². The molecule has 1 N–H and O–H groups in total. The minimum atomic E-state index is -0.516. The molecule has 0 spiro atoms. The van der Waals surface area contributed by atoms with Gasteiger partial charge in [0.1, 0.15) is 0 Å². The molecule has 0 aromatic carbocycles. The fourth-order valence-corrected chi connectivity index (χ4v) is 3.32. The van der Waals surface area contributed by atoms with Gasteiger partial charge in [0.2, 0.25) is 6.10 Å². The molecule has 0 saturated carbocycles. The van der Waals surface area contributed by atoms with Gasteiger partial charge < -0.3 is 15.1 Å². The molecule has 2 atom stereocenters. The molecule has 130 valence electrons. The standard InChI is InChI=1S/C18H26N4O2/c1-13(2)22-9-3-4-14(12-22)11-20-18(23)17-10-16(21-24-17)15-5-7-19-8-6-15/h5-8,13-14,17H,3-4,9-12H2,1-2H3,(H,20,23)/t14-,17-/m1/s1. The van der Waals surface area contributed by atoms with Gasteiger partial charge >= 0.3 is 0 Å². The van der Waals surface area contributed by atoms with Crippen LogP contribution >= 0.6 is 0 Å². The van der Waals surface area contributed by atoms with Gasteiger partial charge in [-0.05, 0) is 51.3 Å². The van der Waals surface area contributed by atoms with Gasteiger partial charge in [0.15, 0.2) is 0 Å². The molecule has 0 aliphatic carbocycles. The number of carbonyl (C=O) groups excluding carboxylic acids is 1. The third-order valence-electron chi connectivity index (χ3n) is 4.82. The first-order valence-electron chi connectivity index (χ1n) is 8.78. The van der Waals surface area contributed by atoms with E-state index >= 15 is 0 Å². The maximum Gasteiger partial charge on any atom is 0.264 e. The number of carbonyl (C=O) groups is 1. The third kappa shape index (κ3) is 4.12. The number of oxime groups is 1. The summed E-state index contributed by atoms with van der Waals surface area (Å²) >= 11 is 0. The number of aromatic nitrogens is 1. The van der Waals surface area contributed by atoms with E-state index in [1.54, 1.807) is 12.4 Å². The van der Waals surface area contributed by atoms with Crippen molar-refractivity contribution < 1.29 is 9.63 Å². The Morgan fingerprint density at radius 3 is 2.96 bits per heavy atom. The van der Waals surface area contributed by atoms with E-state index in [0.717, 1.165) is 24.4 Å². The number of nitrogens with one attached hydrogen (secondary N) is 1. The lowest BCUT2D eigenvalue weighted by molar-refractivity contribution is -0.131. The van der Waals surface area contributed by atoms with Crippen LogP contribution in [0.5, 0.6) is 0 Å². The summed E-state index contributed by atoms with van der Waals surface area (Å²) in [4.78, 5) is 24.1. The normalized spacial score (nSPS) is 24.5. The molecule has 1 aromatic rings. The van der Waals surface area contributed by atoms with Crippen molar-refractivity contribution in [3.8, 4) is 0 Å². The molecule has 1 amide bonds. The first-order valence-corrected chi connectivity index (χ1v) is 8.78. The largest absolute Gasteiger partial charge is 0.382 e. The number of piperidine rings is 1. The highest BCUT2D eigenvalue weighted by Crippen LogP contribution is 2.19. The summed E-state index contributed by atoms with van der Waals surface area (Å²) < 4.78 is 0. The highest BCUT2D eigenvalue weighted by atomic mass is 16.6. The van der Waals surface area contributed by atoms with E-state index in [9.17, 15) is 4.79 Å². The van der Waals surface area contributed by atoms with Gasteiger partial charge in [-0.25, -0.2) is 0 Å². The first-order chi connectivity index (χ1) is 11.6. The quantitative estimate of drug-likeness (QED) is 0.894. The number of pyridine rings is 1. The van der Waals surface area contributed by atoms with Crippen LogP contribution in [0.4, 0.5) is 0 Å². The summed E-state index contributed by atoms with van der Waals surface area (Å²) in [5.41, 5.74) is 1.77. The summed E-state index contributed by atoms with van der Waals surface area (Å²) in [7, 11) is 0. The molecule has 2 aliphatic heterocycles. The molecule has 0 bridgehead atoms. The van der Waals surface area contributed by atoms with Gasteiger partial charge in [0.25, 0.3) is 5.91 Å². The number of rotatable bonds is 5.